The first-order valence-electron chi connectivity index (χ1n) is 6.06. The Kier molecular flexibility index (Phi) is 4.24. The van der Waals surface area contributed by atoms with Crippen molar-refractivity contribution in [3.05, 3.63) is 28.2 Å². The van der Waals surface area contributed by atoms with Gasteiger partial charge in [-0.3, -0.25) is 4.79 Å². The van der Waals surface area contributed by atoms with Crippen LogP contribution in [0.4, 0.5) is 5.69 Å². The molecular formula is C13H17BrN2O2. The molecule has 1 amide bonds. The number of nitrogens with zero attached hydrogens (tertiary/aromatic N) is 1. The van der Waals surface area contributed by atoms with Gasteiger partial charge in [-0.2, -0.15) is 0 Å². The van der Waals surface area contributed by atoms with Gasteiger partial charge in [-0.15, -0.1) is 0 Å². The van der Waals surface area contributed by atoms with Crippen LogP contribution >= 0.6 is 15.9 Å². The minimum Gasteiger partial charge on any atom is -0.399 e. The molecule has 2 rings (SSSR count). The van der Waals surface area contributed by atoms with Gasteiger partial charge in [-0.25, -0.2) is 0 Å². The average Bonchev–Trinajstić information content (AvgIpc) is 2.37. The van der Waals surface area contributed by atoms with Gasteiger partial charge in [0.1, 0.15) is 0 Å². The largest absolute Gasteiger partial charge is 0.399 e. The summed E-state index contributed by atoms with van der Waals surface area (Å²) in [5.74, 6) is 0.188. The molecular weight excluding hydrogens is 296 g/mol. The molecule has 1 aliphatic rings. The molecule has 0 saturated carbocycles. The number of rotatable bonds is 2. The van der Waals surface area contributed by atoms with Crippen LogP contribution in [0.25, 0.3) is 0 Å². The highest BCUT2D eigenvalue weighted by Gasteiger charge is 2.24. The molecule has 0 spiro atoms. The molecule has 1 fully saturated rings. The van der Waals surface area contributed by atoms with E-state index in [9.17, 15) is 9.90 Å². The molecule has 4 nitrogen and oxygen atoms in total. The number of amides is 1. The molecule has 0 bridgehead atoms. The number of benzene rings is 1. The number of piperidine rings is 1. The third kappa shape index (κ3) is 3.03. The monoisotopic (exact) mass is 312 g/mol. The Morgan fingerprint density at radius 2 is 2.28 bits per heavy atom. The molecule has 3 N–H and O–H groups in total. The van der Waals surface area contributed by atoms with Crippen molar-refractivity contribution in [3.63, 3.8) is 0 Å². The van der Waals surface area contributed by atoms with Crippen molar-refractivity contribution in [2.45, 2.75) is 12.8 Å². The highest BCUT2D eigenvalue weighted by molar-refractivity contribution is 9.10. The summed E-state index contributed by atoms with van der Waals surface area (Å²) >= 11 is 3.34. The van der Waals surface area contributed by atoms with Gasteiger partial charge in [-0.05, 0) is 37.0 Å². The first kappa shape index (κ1) is 13.4. The lowest BCUT2D eigenvalue weighted by Gasteiger charge is -2.32. The van der Waals surface area contributed by atoms with Gasteiger partial charge < -0.3 is 15.7 Å². The summed E-state index contributed by atoms with van der Waals surface area (Å²) in [5.41, 5.74) is 6.91. The molecule has 1 heterocycles. The van der Waals surface area contributed by atoms with Crippen LogP contribution in [0.3, 0.4) is 0 Å². The van der Waals surface area contributed by atoms with E-state index in [1.807, 2.05) is 0 Å². The van der Waals surface area contributed by atoms with Gasteiger partial charge in [0, 0.05) is 35.4 Å². The number of nitrogens with two attached hydrogens (primary N) is 1. The SMILES string of the molecule is Nc1cc(Br)cc(C(=O)N2CCCC(CO)C2)c1. The number of nitrogen functional groups attached to an aromatic ring is 1. The lowest BCUT2D eigenvalue weighted by molar-refractivity contribution is 0.0620. The average molecular weight is 313 g/mol. The number of hydrogen-bond donors (Lipinski definition) is 2. The maximum absolute atomic E-state index is 12.3. The van der Waals surface area contributed by atoms with E-state index in [0.717, 1.165) is 23.9 Å². The predicted octanol–water partition coefficient (Wildman–Crippen LogP) is 1.88. The van der Waals surface area contributed by atoms with Crippen molar-refractivity contribution < 1.29 is 9.90 Å². The number of halogens is 1. The van der Waals surface area contributed by atoms with Gasteiger partial charge in [0.25, 0.3) is 5.91 Å². The topological polar surface area (TPSA) is 66.6 Å². The Morgan fingerprint density at radius 3 is 2.94 bits per heavy atom. The lowest BCUT2D eigenvalue weighted by Crippen LogP contribution is -2.40. The van der Waals surface area contributed by atoms with Crippen LogP contribution in [0.2, 0.25) is 0 Å². The van der Waals surface area contributed by atoms with Gasteiger partial charge >= 0.3 is 0 Å². The molecule has 0 aliphatic carbocycles. The minimum absolute atomic E-state index is 0.0128. The Morgan fingerprint density at radius 1 is 1.50 bits per heavy atom. The van der Waals surface area contributed by atoms with Crippen LogP contribution < -0.4 is 5.73 Å². The van der Waals surface area contributed by atoms with E-state index in [0.29, 0.717) is 17.8 Å². The van der Waals surface area contributed by atoms with E-state index in [1.54, 1.807) is 23.1 Å². The molecule has 5 heteroatoms. The van der Waals surface area contributed by atoms with E-state index in [2.05, 4.69) is 15.9 Å². The minimum atomic E-state index is -0.0128. The van der Waals surface area contributed by atoms with Gasteiger partial charge in [0.15, 0.2) is 0 Å². The number of carbonyl (C=O) groups is 1. The van der Waals surface area contributed by atoms with E-state index >= 15 is 0 Å². The van der Waals surface area contributed by atoms with Crippen LogP contribution in [-0.4, -0.2) is 35.6 Å². The van der Waals surface area contributed by atoms with Crippen LogP contribution in [0.15, 0.2) is 22.7 Å². The van der Waals surface area contributed by atoms with Gasteiger partial charge in [0.05, 0.1) is 0 Å². The number of anilines is 1. The fraction of sp³-hybridized carbons (Fsp3) is 0.462. The number of hydrogen-bond acceptors (Lipinski definition) is 3. The van der Waals surface area contributed by atoms with Gasteiger partial charge in [-0.1, -0.05) is 15.9 Å². The van der Waals surface area contributed by atoms with E-state index in [1.165, 1.54) is 0 Å². The smallest absolute Gasteiger partial charge is 0.253 e. The Labute approximate surface area is 115 Å². The zero-order valence-electron chi connectivity index (χ0n) is 10.1. The van der Waals surface area contributed by atoms with E-state index < -0.39 is 0 Å². The fourth-order valence-electron chi connectivity index (χ4n) is 2.32. The number of aliphatic hydroxyl groups is 1. The molecule has 1 aromatic carbocycles. The molecule has 1 aliphatic heterocycles. The summed E-state index contributed by atoms with van der Waals surface area (Å²) in [6.45, 7) is 1.52. The third-order valence-electron chi connectivity index (χ3n) is 3.23. The normalized spacial score (nSPS) is 19.9. The van der Waals surface area contributed by atoms with Gasteiger partial charge in [0.2, 0.25) is 0 Å². The molecule has 98 valence electrons. The summed E-state index contributed by atoms with van der Waals surface area (Å²) in [6.07, 6.45) is 1.93. The van der Waals surface area contributed by atoms with E-state index in [4.69, 9.17) is 5.73 Å². The van der Waals surface area contributed by atoms with E-state index in [-0.39, 0.29) is 18.4 Å². The highest BCUT2D eigenvalue weighted by Crippen LogP contribution is 2.22. The molecule has 0 aromatic heterocycles. The summed E-state index contributed by atoms with van der Waals surface area (Å²) in [4.78, 5) is 14.1. The zero-order chi connectivity index (χ0) is 13.1. The Balaban J connectivity index is 2.15. The quantitative estimate of drug-likeness (QED) is 0.819. The third-order valence-corrected chi connectivity index (χ3v) is 3.69. The molecule has 0 radical (unpaired) electrons. The number of likely N-dealkylation sites (tertiary alicyclic amines) is 1. The van der Waals surface area contributed by atoms with Crippen LogP contribution in [0.5, 0.6) is 0 Å². The molecule has 1 saturated heterocycles. The predicted molar refractivity (Wildman–Crippen MR) is 74.3 cm³/mol. The van der Waals surface area contributed by atoms with Crippen LogP contribution in [0.1, 0.15) is 23.2 Å². The molecule has 1 unspecified atom stereocenters. The Hall–Kier alpha value is -1.07. The summed E-state index contributed by atoms with van der Waals surface area (Å²) in [7, 11) is 0. The fourth-order valence-corrected chi connectivity index (χ4v) is 2.83. The number of aliphatic hydroxyl groups excluding tert-OH is 1. The second kappa shape index (κ2) is 5.71. The van der Waals surface area contributed by atoms with Crippen LogP contribution in [-0.2, 0) is 0 Å². The van der Waals surface area contributed by atoms with Crippen LogP contribution in [0, 0.1) is 5.92 Å². The maximum Gasteiger partial charge on any atom is 0.253 e. The van der Waals surface area contributed by atoms with Crippen molar-refractivity contribution in [2.75, 3.05) is 25.4 Å². The zero-order valence-corrected chi connectivity index (χ0v) is 11.7. The first-order valence-corrected chi connectivity index (χ1v) is 6.85. The first-order chi connectivity index (χ1) is 8.60. The van der Waals surface area contributed by atoms with Crippen molar-refractivity contribution in [2.24, 2.45) is 5.92 Å². The van der Waals surface area contributed by atoms with Crippen molar-refractivity contribution in [3.8, 4) is 0 Å². The maximum atomic E-state index is 12.3. The van der Waals surface area contributed by atoms with Crippen molar-refractivity contribution in [1.82, 2.24) is 4.90 Å². The Bertz CT molecular complexity index is 430. The molecule has 1 atom stereocenters. The molecule has 1 aromatic rings. The van der Waals surface area contributed by atoms with Crippen molar-refractivity contribution >= 4 is 27.5 Å². The second-order valence-electron chi connectivity index (χ2n) is 4.72. The summed E-state index contributed by atoms with van der Waals surface area (Å²) in [6, 6.07) is 5.24. The summed E-state index contributed by atoms with van der Waals surface area (Å²) < 4.78 is 0.807. The lowest BCUT2D eigenvalue weighted by atomic mass is 9.98. The standard InChI is InChI=1S/C13H17BrN2O2/c14-11-4-10(5-12(15)6-11)13(18)16-3-1-2-9(7-16)8-17/h4-6,9,17H,1-3,7-8,15H2. The summed E-state index contributed by atoms with van der Waals surface area (Å²) in [5, 5.41) is 9.18. The second-order valence-corrected chi connectivity index (χ2v) is 5.63. The van der Waals surface area contributed by atoms with Crippen molar-refractivity contribution in [1.29, 1.82) is 0 Å². The highest BCUT2D eigenvalue weighted by atomic mass is 79.9. The number of carbonyl (C=O) groups excluding carboxylic acids is 1. The molecule has 18 heavy (non-hydrogen) atoms.